The third kappa shape index (κ3) is 7.74. The van der Waals surface area contributed by atoms with E-state index in [1.807, 2.05) is 24.4 Å². The Morgan fingerprint density at radius 2 is 1.59 bits per heavy atom. The van der Waals surface area contributed by atoms with E-state index in [4.69, 9.17) is 18.9 Å². The second kappa shape index (κ2) is 11.8. The molecule has 2 bridgehead atoms. The second-order valence-corrected chi connectivity index (χ2v) is 6.28. The Morgan fingerprint density at radius 1 is 0.852 bits per heavy atom. The number of aromatic amines is 1. The van der Waals surface area contributed by atoms with Gasteiger partial charge >= 0.3 is 0 Å². The van der Waals surface area contributed by atoms with Gasteiger partial charge in [-0.25, -0.2) is 4.98 Å². The highest BCUT2D eigenvalue weighted by Crippen LogP contribution is 2.03. The van der Waals surface area contributed by atoms with E-state index in [0.717, 1.165) is 36.8 Å². The fraction of sp³-hybridized carbons (Fsp3) is 0.579. The SMILES string of the molecule is c1ccc(CN2CCOCCOCc3cnc([nH]3)COCCOCC2)nc1. The van der Waals surface area contributed by atoms with Crippen molar-refractivity contribution in [3.63, 3.8) is 0 Å². The number of ether oxygens (including phenoxy) is 4. The largest absolute Gasteiger partial charge is 0.378 e. The van der Waals surface area contributed by atoms with Crippen LogP contribution in [0.4, 0.5) is 0 Å². The number of H-pyrrole nitrogens is 1. The van der Waals surface area contributed by atoms with Crippen LogP contribution in [0.1, 0.15) is 17.2 Å². The van der Waals surface area contributed by atoms with Crippen LogP contribution >= 0.6 is 0 Å². The molecule has 0 unspecified atom stereocenters. The summed E-state index contributed by atoms with van der Waals surface area (Å²) < 4.78 is 22.6. The number of hydrogen-bond donors (Lipinski definition) is 1. The molecule has 3 heterocycles. The number of nitrogens with zero attached hydrogens (tertiary/aromatic N) is 3. The third-order valence-electron chi connectivity index (χ3n) is 4.14. The zero-order chi connectivity index (χ0) is 18.6. The molecule has 0 aliphatic carbocycles. The van der Waals surface area contributed by atoms with Crippen LogP contribution in [0.5, 0.6) is 0 Å². The fourth-order valence-corrected chi connectivity index (χ4v) is 2.72. The molecule has 148 valence electrons. The van der Waals surface area contributed by atoms with E-state index < -0.39 is 0 Å². The highest BCUT2D eigenvalue weighted by Gasteiger charge is 2.08. The first-order valence-corrected chi connectivity index (χ1v) is 9.36. The average molecular weight is 376 g/mol. The molecule has 0 radical (unpaired) electrons. The van der Waals surface area contributed by atoms with Crippen molar-refractivity contribution >= 4 is 0 Å². The third-order valence-corrected chi connectivity index (χ3v) is 4.14. The fourth-order valence-electron chi connectivity index (χ4n) is 2.72. The number of rotatable bonds is 2. The molecule has 0 aromatic carbocycles. The molecule has 0 fully saturated rings. The first-order chi connectivity index (χ1) is 13.4. The molecule has 0 saturated carbocycles. The quantitative estimate of drug-likeness (QED) is 0.848. The van der Waals surface area contributed by atoms with Gasteiger partial charge in [0.15, 0.2) is 0 Å². The summed E-state index contributed by atoms with van der Waals surface area (Å²) >= 11 is 0. The van der Waals surface area contributed by atoms with Crippen molar-refractivity contribution in [1.82, 2.24) is 19.9 Å². The minimum Gasteiger partial charge on any atom is -0.378 e. The molecule has 0 amide bonds. The maximum Gasteiger partial charge on any atom is 0.132 e. The zero-order valence-electron chi connectivity index (χ0n) is 15.6. The highest BCUT2D eigenvalue weighted by molar-refractivity contribution is 5.03. The first kappa shape index (κ1) is 19.9. The van der Waals surface area contributed by atoms with Crippen molar-refractivity contribution in [1.29, 1.82) is 0 Å². The molecule has 0 saturated heterocycles. The van der Waals surface area contributed by atoms with E-state index in [0.29, 0.717) is 52.9 Å². The molecule has 8 heteroatoms. The van der Waals surface area contributed by atoms with Gasteiger partial charge in [-0.15, -0.1) is 0 Å². The van der Waals surface area contributed by atoms with Gasteiger partial charge in [-0.2, -0.15) is 0 Å². The molecule has 1 aliphatic rings. The van der Waals surface area contributed by atoms with Crippen molar-refractivity contribution in [3.8, 4) is 0 Å². The number of aromatic nitrogens is 3. The topological polar surface area (TPSA) is 81.7 Å². The predicted octanol–water partition coefficient (Wildman–Crippen LogP) is 1.39. The van der Waals surface area contributed by atoms with Gasteiger partial charge in [0, 0.05) is 25.8 Å². The van der Waals surface area contributed by atoms with E-state index in [-0.39, 0.29) is 0 Å². The standard InChI is InChI=1S/C19H28N4O4/c1-2-4-20-17(3-1)14-23-5-7-24-9-11-26-15-18-13-21-19(22-18)16-27-12-10-25-8-6-23/h1-4,13H,5-12,14-16H2,(H,21,22). The lowest BCUT2D eigenvalue weighted by molar-refractivity contribution is 0.0149. The molecule has 1 aliphatic heterocycles. The lowest BCUT2D eigenvalue weighted by Gasteiger charge is -2.22. The van der Waals surface area contributed by atoms with E-state index in [9.17, 15) is 0 Å². The molecule has 1 N–H and O–H groups in total. The Morgan fingerprint density at radius 3 is 2.33 bits per heavy atom. The first-order valence-electron chi connectivity index (χ1n) is 9.36. The molecule has 2 aromatic rings. The smallest absolute Gasteiger partial charge is 0.132 e. The molecule has 3 rings (SSSR count). The Bertz CT molecular complexity index is 605. The van der Waals surface area contributed by atoms with Crippen molar-refractivity contribution in [3.05, 3.63) is 47.8 Å². The van der Waals surface area contributed by atoms with Crippen molar-refractivity contribution < 1.29 is 18.9 Å². The summed E-state index contributed by atoms with van der Waals surface area (Å²) in [5.41, 5.74) is 1.98. The van der Waals surface area contributed by atoms with Gasteiger partial charge in [-0.3, -0.25) is 9.88 Å². The normalized spacial score (nSPS) is 19.3. The van der Waals surface area contributed by atoms with Gasteiger partial charge in [0.05, 0.1) is 63.8 Å². The summed E-state index contributed by atoms with van der Waals surface area (Å²) in [5.74, 6) is 0.799. The summed E-state index contributed by atoms with van der Waals surface area (Å²) in [7, 11) is 0. The molecule has 27 heavy (non-hydrogen) atoms. The van der Waals surface area contributed by atoms with Gasteiger partial charge in [-0.1, -0.05) is 6.07 Å². The summed E-state index contributed by atoms with van der Waals surface area (Å²) in [6.45, 7) is 6.85. The Labute approximate surface area is 159 Å². The number of nitrogens with one attached hydrogen (secondary N) is 1. The van der Waals surface area contributed by atoms with Gasteiger partial charge in [0.1, 0.15) is 12.4 Å². The molecular weight excluding hydrogens is 348 g/mol. The summed E-state index contributed by atoms with van der Waals surface area (Å²) in [6.07, 6.45) is 3.60. The van der Waals surface area contributed by atoms with Crippen LogP contribution in [0.15, 0.2) is 30.6 Å². The van der Waals surface area contributed by atoms with E-state index in [1.165, 1.54) is 0 Å². The van der Waals surface area contributed by atoms with Crippen LogP contribution in [0.2, 0.25) is 0 Å². The van der Waals surface area contributed by atoms with Crippen LogP contribution < -0.4 is 0 Å². The average Bonchev–Trinajstić information content (AvgIpc) is 3.14. The summed E-state index contributed by atoms with van der Waals surface area (Å²) in [4.78, 5) is 14.2. The van der Waals surface area contributed by atoms with Crippen molar-refractivity contribution in [2.45, 2.75) is 19.8 Å². The van der Waals surface area contributed by atoms with Crippen LogP contribution in [0.3, 0.4) is 0 Å². The van der Waals surface area contributed by atoms with Crippen molar-refractivity contribution in [2.75, 3.05) is 52.7 Å². The van der Waals surface area contributed by atoms with Gasteiger partial charge in [0.25, 0.3) is 0 Å². The molecule has 2 aromatic heterocycles. The second-order valence-electron chi connectivity index (χ2n) is 6.28. The summed E-state index contributed by atoms with van der Waals surface area (Å²) in [5, 5.41) is 0. The maximum atomic E-state index is 5.71. The Hall–Kier alpha value is -1.84. The van der Waals surface area contributed by atoms with Crippen LogP contribution in [0.25, 0.3) is 0 Å². The van der Waals surface area contributed by atoms with Gasteiger partial charge in [-0.05, 0) is 12.1 Å². The number of fused-ring (bicyclic) bond motifs is 2. The van der Waals surface area contributed by atoms with E-state index in [2.05, 4.69) is 19.9 Å². The van der Waals surface area contributed by atoms with Crippen LogP contribution in [0, 0.1) is 0 Å². The van der Waals surface area contributed by atoms with Crippen LogP contribution in [-0.4, -0.2) is 72.6 Å². The Balaban J connectivity index is 1.47. The lowest BCUT2D eigenvalue weighted by Crippen LogP contribution is -2.31. The maximum absolute atomic E-state index is 5.71. The van der Waals surface area contributed by atoms with Crippen molar-refractivity contribution in [2.24, 2.45) is 0 Å². The van der Waals surface area contributed by atoms with Crippen LogP contribution in [-0.2, 0) is 38.7 Å². The van der Waals surface area contributed by atoms with E-state index >= 15 is 0 Å². The number of imidazole rings is 1. The number of hydrogen-bond acceptors (Lipinski definition) is 7. The molecular formula is C19H28N4O4. The predicted molar refractivity (Wildman–Crippen MR) is 99.1 cm³/mol. The van der Waals surface area contributed by atoms with Gasteiger partial charge < -0.3 is 23.9 Å². The van der Waals surface area contributed by atoms with E-state index in [1.54, 1.807) is 6.20 Å². The highest BCUT2D eigenvalue weighted by atomic mass is 16.5. The monoisotopic (exact) mass is 376 g/mol. The number of pyridine rings is 1. The minimum absolute atomic E-state index is 0.443. The minimum atomic E-state index is 0.443. The Kier molecular flexibility index (Phi) is 8.69. The molecule has 0 spiro atoms. The molecule has 0 atom stereocenters. The van der Waals surface area contributed by atoms with Gasteiger partial charge in [0.2, 0.25) is 0 Å². The zero-order valence-corrected chi connectivity index (χ0v) is 15.6. The lowest BCUT2D eigenvalue weighted by atomic mass is 10.3. The summed E-state index contributed by atoms with van der Waals surface area (Å²) in [6, 6.07) is 5.97. The molecule has 8 nitrogen and oxygen atoms in total.